The average molecular weight is 272 g/mol. The molecule has 0 heterocycles. The maximum Gasteiger partial charge on any atom is 0.242 e. The Kier molecular flexibility index (Phi) is 4.71. The highest BCUT2D eigenvalue weighted by Gasteiger charge is 2.13. The maximum atomic E-state index is 13.5. The van der Waals surface area contributed by atoms with Gasteiger partial charge in [0.1, 0.15) is 11.9 Å². The van der Waals surface area contributed by atoms with Gasteiger partial charge in [-0.3, -0.25) is 4.79 Å². The average Bonchev–Trinajstić information content (AvgIpc) is 2.48. The van der Waals surface area contributed by atoms with E-state index in [1.807, 2.05) is 30.3 Å². The molecule has 2 N–H and O–H groups in total. The molecular formula is C16H17FN2O. The fourth-order valence-corrected chi connectivity index (χ4v) is 1.82. The Balaban J connectivity index is 1.88. The number of carbonyl (C=O) groups is 1. The molecule has 0 radical (unpaired) electrons. The number of halogens is 1. The van der Waals surface area contributed by atoms with Crippen molar-refractivity contribution in [2.45, 2.75) is 19.5 Å². The summed E-state index contributed by atoms with van der Waals surface area (Å²) in [6.07, 6.45) is 0. The summed E-state index contributed by atoms with van der Waals surface area (Å²) in [5, 5.41) is 5.67. The van der Waals surface area contributed by atoms with Crippen LogP contribution in [0.5, 0.6) is 0 Å². The Morgan fingerprint density at radius 2 is 1.75 bits per heavy atom. The molecule has 20 heavy (non-hydrogen) atoms. The first-order chi connectivity index (χ1) is 9.66. The molecule has 0 saturated carbocycles. The van der Waals surface area contributed by atoms with E-state index in [0.29, 0.717) is 12.2 Å². The molecule has 0 saturated heterocycles. The number of rotatable bonds is 5. The summed E-state index contributed by atoms with van der Waals surface area (Å²) in [6, 6.07) is 15.4. The van der Waals surface area contributed by atoms with Gasteiger partial charge in [0.2, 0.25) is 5.91 Å². The predicted molar refractivity (Wildman–Crippen MR) is 77.8 cm³/mol. The van der Waals surface area contributed by atoms with Crippen LogP contribution in [-0.4, -0.2) is 11.9 Å². The molecule has 4 heteroatoms. The van der Waals surface area contributed by atoms with E-state index < -0.39 is 6.04 Å². The summed E-state index contributed by atoms with van der Waals surface area (Å²) < 4.78 is 13.5. The van der Waals surface area contributed by atoms with Gasteiger partial charge in [0.25, 0.3) is 0 Å². The molecule has 104 valence electrons. The molecule has 0 bridgehead atoms. The first-order valence-electron chi connectivity index (χ1n) is 6.49. The fraction of sp³-hybridized carbons (Fsp3) is 0.188. The van der Waals surface area contributed by atoms with Crippen LogP contribution in [0.15, 0.2) is 54.6 Å². The first kappa shape index (κ1) is 14.1. The molecule has 0 aliphatic heterocycles. The largest absolute Gasteiger partial charge is 0.372 e. The molecule has 1 unspecified atom stereocenters. The minimum absolute atomic E-state index is 0.169. The van der Waals surface area contributed by atoms with Crippen LogP contribution in [0, 0.1) is 5.82 Å². The molecular weight excluding hydrogens is 255 g/mol. The van der Waals surface area contributed by atoms with E-state index in [2.05, 4.69) is 10.6 Å². The zero-order valence-electron chi connectivity index (χ0n) is 11.3. The number of anilines is 1. The number of benzene rings is 2. The van der Waals surface area contributed by atoms with Crippen LogP contribution >= 0.6 is 0 Å². The Morgan fingerprint density at radius 1 is 1.10 bits per heavy atom. The Bertz CT molecular complexity index is 572. The lowest BCUT2D eigenvalue weighted by Crippen LogP contribution is -2.37. The molecule has 0 aliphatic rings. The second-order valence-corrected chi connectivity index (χ2v) is 4.55. The number of hydrogen-bond donors (Lipinski definition) is 2. The van der Waals surface area contributed by atoms with E-state index in [1.54, 1.807) is 25.1 Å². The quantitative estimate of drug-likeness (QED) is 0.878. The lowest BCUT2D eigenvalue weighted by Gasteiger charge is -2.15. The third-order valence-electron chi connectivity index (χ3n) is 2.95. The summed E-state index contributed by atoms with van der Waals surface area (Å²) in [5.41, 5.74) is 1.36. The van der Waals surface area contributed by atoms with E-state index in [0.717, 1.165) is 5.56 Å². The van der Waals surface area contributed by atoms with E-state index in [4.69, 9.17) is 0 Å². The van der Waals surface area contributed by atoms with Gasteiger partial charge in [-0.25, -0.2) is 4.39 Å². The van der Waals surface area contributed by atoms with Crippen molar-refractivity contribution in [3.8, 4) is 0 Å². The molecule has 1 amide bonds. The molecule has 0 aliphatic carbocycles. The van der Waals surface area contributed by atoms with Gasteiger partial charge in [0.15, 0.2) is 0 Å². The Morgan fingerprint density at radius 3 is 2.45 bits per heavy atom. The standard InChI is InChI=1S/C16H17FN2O/c1-12(19-15-10-6-5-9-14(15)17)16(20)18-11-13-7-3-2-4-8-13/h2-10,12,19H,11H2,1H3,(H,18,20). The van der Waals surface area contributed by atoms with Gasteiger partial charge in [-0.1, -0.05) is 42.5 Å². The highest BCUT2D eigenvalue weighted by molar-refractivity contribution is 5.84. The number of hydrogen-bond acceptors (Lipinski definition) is 2. The summed E-state index contributed by atoms with van der Waals surface area (Å²) >= 11 is 0. The smallest absolute Gasteiger partial charge is 0.242 e. The fourth-order valence-electron chi connectivity index (χ4n) is 1.82. The predicted octanol–water partition coefficient (Wildman–Crippen LogP) is 2.94. The van der Waals surface area contributed by atoms with Crippen molar-refractivity contribution >= 4 is 11.6 Å². The summed E-state index contributed by atoms with van der Waals surface area (Å²) in [6.45, 7) is 2.16. The van der Waals surface area contributed by atoms with Gasteiger partial charge in [-0.05, 0) is 24.6 Å². The molecule has 2 aromatic rings. The minimum Gasteiger partial charge on any atom is -0.372 e. The highest BCUT2D eigenvalue weighted by Crippen LogP contribution is 2.13. The number of amides is 1. The first-order valence-corrected chi connectivity index (χ1v) is 6.49. The van der Waals surface area contributed by atoms with Gasteiger partial charge < -0.3 is 10.6 Å². The number of para-hydroxylation sites is 1. The van der Waals surface area contributed by atoms with E-state index in [1.165, 1.54) is 6.07 Å². The molecule has 1 atom stereocenters. The van der Waals surface area contributed by atoms with Crippen LogP contribution in [0.25, 0.3) is 0 Å². The van der Waals surface area contributed by atoms with Crippen molar-refractivity contribution in [2.24, 2.45) is 0 Å². The second-order valence-electron chi connectivity index (χ2n) is 4.55. The van der Waals surface area contributed by atoms with E-state index in [9.17, 15) is 9.18 Å². The third kappa shape index (κ3) is 3.82. The normalized spacial score (nSPS) is 11.7. The van der Waals surface area contributed by atoms with Crippen molar-refractivity contribution in [3.05, 3.63) is 66.0 Å². The van der Waals surface area contributed by atoms with E-state index in [-0.39, 0.29) is 11.7 Å². The van der Waals surface area contributed by atoms with Crippen molar-refractivity contribution in [2.75, 3.05) is 5.32 Å². The van der Waals surface area contributed by atoms with Crippen molar-refractivity contribution < 1.29 is 9.18 Å². The van der Waals surface area contributed by atoms with Crippen LogP contribution in [0.1, 0.15) is 12.5 Å². The summed E-state index contributed by atoms with van der Waals surface area (Å²) in [5.74, 6) is -0.535. The molecule has 0 aromatic heterocycles. The topological polar surface area (TPSA) is 41.1 Å². The number of carbonyl (C=O) groups excluding carboxylic acids is 1. The van der Waals surface area contributed by atoms with Gasteiger partial charge in [-0.2, -0.15) is 0 Å². The zero-order valence-corrected chi connectivity index (χ0v) is 11.3. The van der Waals surface area contributed by atoms with Crippen LogP contribution in [-0.2, 0) is 11.3 Å². The molecule has 3 nitrogen and oxygen atoms in total. The molecule has 0 fully saturated rings. The zero-order chi connectivity index (χ0) is 14.4. The van der Waals surface area contributed by atoms with Crippen molar-refractivity contribution in [3.63, 3.8) is 0 Å². The van der Waals surface area contributed by atoms with Crippen LogP contribution in [0.3, 0.4) is 0 Å². The third-order valence-corrected chi connectivity index (χ3v) is 2.95. The van der Waals surface area contributed by atoms with Crippen molar-refractivity contribution in [1.29, 1.82) is 0 Å². The second kappa shape index (κ2) is 6.70. The minimum atomic E-state index is -0.504. The van der Waals surface area contributed by atoms with Crippen LogP contribution in [0.2, 0.25) is 0 Å². The van der Waals surface area contributed by atoms with Gasteiger partial charge in [-0.15, -0.1) is 0 Å². The van der Waals surface area contributed by atoms with E-state index >= 15 is 0 Å². The van der Waals surface area contributed by atoms with Crippen molar-refractivity contribution in [1.82, 2.24) is 5.32 Å². The lowest BCUT2D eigenvalue weighted by atomic mass is 10.2. The summed E-state index contributed by atoms with van der Waals surface area (Å²) in [4.78, 5) is 11.9. The molecule has 0 spiro atoms. The number of nitrogens with one attached hydrogen (secondary N) is 2. The summed E-state index contributed by atoms with van der Waals surface area (Å²) in [7, 11) is 0. The van der Waals surface area contributed by atoms with Crippen LogP contribution < -0.4 is 10.6 Å². The van der Waals surface area contributed by atoms with Gasteiger partial charge >= 0.3 is 0 Å². The lowest BCUT2D eigenvalue weighted by molar-refractivity contribution is -0.121. The maximum absolute atomic E-state index is 13.5. The Hall–Kier alpha value is -2.36. The Labute approximate surface area is 117 Å². The van der Waals surface area contributed by atoms with Gasteiger partial charge in [0, 0.05) is 6.54 Å². The molecule has 2 rings (SSSR count). The molecule has 2 aromatic carbocycles. The monoisotopic (exact) mass is 272 g/mol. The van der Waals surface area contributed by atoms with Gasteiger partial charge in [0.05, 0.1) is 5.69 Å². The SMILES string of the molecule is CC(Nc1ccccc1F)C(=O)NCc1ccccc1. The highest BCUT2D eigenvalue weighted by atomic mass is 19.1. The van der Waals surface area contributed by atoms with Crippen LogP contribution in [0.4, 0.5) is 10.1 Å².